The zero-order valence-corrected chi connectivity index (χ0v) is 12.0. The molecule has 0 spiro atoms. The van der Waals surface area contributed by atoms with Crippen LogP contribution in [0.1, 0.15) is 27.8 Å². The Morgan fingerprint density at radius 1 is 0.895 bits per heavy atom. The van der Waals surface area contributed by atoms with Crippen LogP contribution < -0.4 is 5.32 Å². The summed E-state index contributed by atoms with van der Waals surface area (Å²) in [5.41, 5.74) is 6.72. The maximum absolute atomic E-state index is 9.78. The number of aryl methyl sites for hydroxylation is 4. The summed E-state index contributed by atoms with van der Waals surface area (Å²) in [7, 11) is 0. The fraction of sp³-hybridized carbons (Fsp3) is 0.294. The van der Waals surface area contributed by atoms with Gasteiger partial charge in [-0.1, -0.05) is 24.3 Å². The van der Waals surface area contributed by atoms with Crippen LogP contribution in [0.3, 0.4) is 0 Å². The minimum absolute atomic E-state index is 0.399. The minimum atomic E-state index is 0.399. The van der Waals surface area contributed by atoms with Gasteiger partial charge in [-0.25, -0.2) is 0 Å². The first-order chi connectivity index (χ1) is 8.97. The van der Waals surface area contributed by atoms with E-state index in [9.17, 15) is 5.11 Å². The van der Waals surface area contributed by atoms with E-state index in [1.54, 1.807) is 0 Å². The predicted molar refractivity (Wildman–Crippen MR) is 80.8 cm³/mol. The van der Waals surface area contributed by atoms with Crippen LogP contribution >= 0.6 is 0 Å². The second kappa shape index (κ2) is 5.35. The van der Waals surface area contributed by atoms with E-state index in [2.05, 4.69) is 37.4 Å². The van der Waals surface area contributed by atoms with Gasteiger partial charge in [-0.3, -0.25) is 0 Å². The van der Waals surface area contributed by atoms with Crippen LogP contribution in [0.4, 0.5) is 5.69 Å². The molecule has 0 atom stereocenters. The van der Waals surface area contributed by atoms with E-state index in [0.29, 0.717) is 5.75 Å². The van der Waals surface area contributed by atoms with E-state index in [1.807, 2.05) is 26.0 Å². The molecule has 0 bridgehead atoms. The first-order valence-electron chi connectivity index (χ1n) is 6.57. The van der Waals surface area contributed by atoms with E-state index in [-0.39, 0.29) is 0 Å². The van der Waals surface area contributed by atoms with Gasteiger partial charge in [0.05, 0.1) is 0 Å². The highest BCUT2D eigenvalue weighted by molar-refractivity contribution is 5.53. The molecule has 0 saturated heterocycles. The summed E-state index contributed by atoms with van der Waals surface area (Å²) in [4.78, 5) is 0. The van der Waals surface area contributed by atoms with Gasteiger partial charge in [-0.2, -0.15) is 0 Å². The SMILES string of the molecule is Cc1ccc(C)c(NCc2cc(C)c(O)c(C)c2)c1. The molecule has 0 amide bonds. The summed E-state index contributed by atoms with van der Waals surface area (Å²) in [5, 5.41) is 13.2. The Labute approximate surface area is 115 Å². The fourth-order valence-corrected chi connectivity index (χ4v) is 2.27. The van der Waals surface area contributed by atoms with Crippen molar-refractivity contribution in [3.05, 3.63) is 58.1 Å². The normalized spacial score (nSPS) is 10.5. The molecule has 0 radical (unpaired) electrons. The van der Waals surface area contributed by atoms with E-state index in [4.69, 9.17) is 0 Å². The van der Waals surface area contributed by atoms with E-state index >= 15 is 0 Å². The number of hydrogen-bond donors (Lipinski definition) is 2. The number of nitrogens with one attached hydrogen (secondary N) is 1. The average Bonchev–Trinajstić information content (AvgIpc) is 2.37. The fourth-order valence-electron chi connectivity index (χ4n) is 2.27. The number of aromatic hydroxyl groups is 1. The molecule has 0 aliphatic rings. The Morgan fingerprint density at radius 2 is 1.53 bits per heavy atom. The summed E-state index contributed by atoms with van der Waals surface area (Å²) < 4.78 is 0. The predicted octanol–water partition coefficient (Wildman–Crippen LogP) is 4.24. The third kappa shape index (κ3) is 3.08. The number of benzene rings is 2. The largest absolute Gasteiger partial charge is 0.507 e. The average molecular weight is 255 g/mol. The van der Waals surface area contributed by atoms with Crippen molar-refractivity contribution < 1.29 is 5.11 Å². The molecule has 0 fully saturated rings. The quantitative estimate of drug-likeness (QED) is 0.860. The first-order valence-corrected chi connectivity index (χ1v) is 6.57. The van der Waals surface area contributed by atoms with Crippen molar-refractivity contribution in [2.45, 2.75) is 34.2 Å². The molecule has 0 aliphatic heterocycles. The summed E-state index contributed by atoms with van der Waals surface area (Å²) in [6.45, 7) is 8.84. The summed E-state index contributed by atoms with van der Waals surface area (Å²) >= 11 is 0. The topological polar surface area (TPSA) is 32.3 Å². The molecule has 2 aromatic carbocycles. The second-order valence-electron chi connectivity index (χ2n) is 5.25. The van der Waals surface area contributed by atoms with Gasteiger partial charge in [0, 0.05) is 12.2 Å². The maximum Gasteiger partial charge on any atom is 0.121 e. The lowest BCUT2D eigenvalue weighted by Gasteiger charge is -2.12. The molecule has 2 nitrogen and oxygen atoms in total. The van der Waals surface area contributed by atoms with E-state index in [0.717, 1.165) is 17.7 Å². The van der Waals surface area contributed by atoms with Crippen molar-refractivity contribution in [1.82, 2.24) is 0 Å². The second-order valence-corrected chi connectivity index (χ2v) is 5.25. The Kier molecular flexibility index (Phi) is 3.79. The molecule has 2 rings (SSSR count). The molecular weight excluding hydrogens is 234 g/mol. The zero-order chi connectivity index (χ0) is 14.0. The summed E-state index contributed by atoms with van der Waals surface area (Å²) in [6.07, 6.45) is 0. The Balaban J connectivity index is 2.17. The standard InChI is InChI=1S/C17H21NO/c1-11-5-6-12(2)16(7-11)18-10-15-8-13(3)17(19)14(4)9-15/h5-9,18-19H,10H2,1-4H3. The molecular formula is C17H21NO. The molecule has 0 unspecified atom stereocenters. The van der Waals surface area contributed by atoms with Crippen molar-refractivity contribution in [3.8, 4) is 5.75 Å². The molecule has 0 saturated carbocycles. The Hall–Kier alpha value is -1.96. The number of anilines is 1. The number of rotatable bonds is 3. The summed E-state index contributed by atoms with van der Waals surface area (Å²) in [5.74, 6) is 0.399. The third-order valence-corrected chi connectivity index (χ3v) is 3.43. The Morgan fingerprint density at radius 3 is 2.16 bits per heavy atom. The zero-order valence-electron chi connectivity index (χ0n) is 12.0. The van der Waals surface area contributed by atoms with Gasteiger partial charge >= 0.3 is 0 Å². The number of phenols is 1. The van der Waals surface area contributed by atoms with Crippen LogP contribution in [0, 0.1) is 27.7 Å². The maximum atomic E-state index is 9.78. The molecule has 19 heavy (non-hydrogen) atoms. The van der Waals surface area contributed by atoms with Crippen molar-refractivity contribution in [2.24, 2.45) is 0 Å². The van der Waals surface area contributed by atoms with Crippen LogP contribution in [-0.2, 0) is 6.54 Å². The van der Waals surface area contributed by atoms with Crippen LogP contribution in [0.25, 0.3) is 0 Å². The van der Waals surface area contributed by atoms with Crippen LogP contribution in [0.2, 0.25) is 0 Å². The Bertz CT molecular complexity index is 579. The molecule has 100 valence electrons. The van der Waals surface area contributed by atoms with Gasteiger partial charge < -0.3 is 10.4 Å². The molecule has 2 N–H and O–H groups in total. The van der Waals surface area contributed by atoms with E-state index < -0.39 is 0 Å². The highest BCUT2D eigenvalue weighted by atomic mass is 16.3. The van der Waals surface area contributed by atoms with Crippen molar-refractivity contribution in [1.29, 1.82) is 0 Å². The van der Waals surface area contributed by atoms with Crippen molar-refractivity contribution >= 4 is 5.69 Å². The lowest BCUT2D eigenvalue weighted by atomic mass is 10.1. The van der Waals surface area contributed by atoms with Crippen LogP contribution in [0.5, 0.6) is 5.75 Å². The lowest BCUT2D eigenvalue weighted by molar-refractivity contribution is 0.466. The van der Waals surface area contributed by atoms with Gasteiger partial charge in [0.2, 0.25) is 0 Å². The highest BCUT2D eigenvalue weighted by Gasteiger charge is 2.04. The number of phenolic OH excluding ortho intramolecular Hbond substituents is 1. The van der Waals surface area contributed by atoms with Crippen LogP contribution in [0.15, 0.2) is 30.3 Å². The lowest BCUT2D eigenvalue weighted by Crippen LogP contribution is -2.02. The molecule has 2 heteroatoms. The van der Waals surface area contributed by atoms with Crippen molar-refractivity contribution in [2.75, 3.05) is 5.32 Å². The van der Waals surface area contributed by atoms with Crippen molar-refractivity contribution in [3.63, 3.8) is 0 Å². The van der Waals surface area contributed by atoms with Gasteiger partial charge in [-0.05, 0) is 61.6 Å². The molecule has 0 aromatic heterocycles. The molecule has 0 aliphatic carbocycles. The van der Waals surface area contributed by atoms with Gasteiger partial charge in [0.15, 0.2) is 0 Å². The minimum Gasteiger partial charge on any atom is -0.507 e. The number of hydrogen-bond acceptors (Lipinski definition) is 2. The molecule has 2 aromatic rings. The van der Waals surface area contributed by atoms with E-state index in [1.165, 1.54) is 22.4 Å². The first kappa shape index (κ1) is 13.5. The molecule has 0 heterocycles. The third-order valence-electron chi connectivity index (χ3n) is 3.43. The van der Waals surface area contributed by atoms with Gasteiger partial charge in [0.25, 0.3) is 0 Å². The summed E-state index contributed by atoms with van der Waals surface area (Å²) in [6, 6.07) is 10.5. The smallest absolute Gasteiger partial charge is 0.121 e. The highest BCUT2D eigenvalue weighted by Crippen LogP contribution is 2.24. The van der Waals surface area contributed by atoms with Crippen LogP contribution in [-0.4, -0.2) is 5.11 Å². The monoisotopic (exact) mass is 255 g/mol. The van der Waals surface area contributed by atoms with Gasteiger partial charge in [0.1, 0.15) is 5.75 Å². The van der Waals surface area contributed by atoms with Gasteiger partial charge in [-0.15, -0.1) is 0 Å².